The monoisotopic (exact) mass is 412 g/mol. The van der Waals surface area contributed by atoms with E-state index < -0.39 is 10.0 Å². The van der Waals surface area contributed by atoms with E-state index in [1.807, 2.05) is 24.3 Å². The summed E-state index contributed by atoms with van der Waals surface area (Å²) in [4.78, 5) is 15.4. The second-order valence-electron chi connectivity index (χ2n) is 7.26. The molecule has 0 spiro atoms. The first kappa shape index (κ1) is 19.7. The van der Waals surface area contributed by atoms with Gasteiger partial charge in [0.05, 0.1) is 17.7 Å². The molecular weight excluding hydrogens is 388 g/mol. The van der Waals surface area contributed by atoms with Gasteiger partial charge in [0.2, 0.25) is 10.0 Å². The number of nitrogens with one attached hydrogen (secondary N) is 1. The van der Waals surface area contributed by atoms with Crippen LogP contribution in [0.3, 0.4) is 0 Å². The number of hydrogen-bond acceptors (Lipinski definition) is 4. The van der Waals surface area contributed by atoms with Crippen molar-refractivity contribution in [1.82, 2.24) is 9.29 Å². The Balaban J connectivity index is 1.83. The van der Waals surface area contributed by atoms with Crippen LogP contribution < -0.4 is 4.74 Å². The molecule has 0 unspecified atom stereocenters. The van der Waals surface area contributed by atoms with Crippen LogP contribution in [0.15, 0.2) is 47.4 Å². The molecule has 2 heterocycles. The van der Waals surface area contributed by atoms with Gasteiger partial charge >= 0.3 is 0 Å². The number of carbonyl (C=O) groups excluding carboxylic acids is 1. The van der Waals surface area contributed by atoms with Gasteiger partial charge in [0, 0.05) is 35.1 Å². The summed E-state index contributed by atoms with van der Waals surface area (Å²) in [6, 6.07) is 12.4. The molecule has 0 amide bonds. The molecule has 1 aromatic heterocycles. The lowest BCUT2D eigenvalue weighted by Gasteiger charge is -2.20. The number of carbonyl (C=O) groups is 1. The highest BCUT2D eigenvalue weighted by Crippen LogP contribution is 2.36. The average Bonchev–Trinajstić information content (AvgIpc) is 2.90. The molecule has 0 atom stereocenters. The van der Waals surface area contributed by atoms with Crippen molar-refractivity contribution in [3.8, 4) is 17.0 Å². The predicted molar refractivity (Wildman–Crippen MR) is 113 cm³/mol. The summed E-state index contributed by atoms with van der Waals surface area (Å²) < 4.78 is 33.3. The number of benzene rings is 2. The van der Waals surface area contributed by atoms with E-state index in [9.17, 15) is 13.2 Å². The Hall–Kier alpha value is -2.64. The average molecular weight is 413 g/mol. The molecule has 6 nitrogen and oxygen atoms in total. The first-order chi connectivity index (χ1) is 14.1. The van der Waals surface area contributed by atoms with Gasteiger partial charge in [-0.2, -0.15) is 4.31 Å². The molecule has 1 saturated heterocycles. The number of aromatic amines is 1. The third-order valence-electron chi connectivity index (χ3n) is 5.51. The van der Waals surface area contributed by atoms with Crippen molar-refractivity contribution in [3.63, 3.8) is 0 Å². The Morgan fingerprint density at radius 1 is 1.03 bits per heavy atom. The second-order valence-corrected chi connectivity index (χ2v) is 9.20. The standard InChI is InChI=1S/C22H24N2O4S/c1-28-21-9-5-4-8-17(21)22-19(15-25)18-14-16(10-11-20(18)23-22)29(26,27)24-12-6-2-3-7-13-24/h4-5,8-11,14-15,23H,2-3,6-7,12-13H2,1H3. The Kier molecular flexibility index (Phi) is 5.43. The van der Waals surface area contributed by atoms with Gasteiger partial charge in [-0.25, -0.2) is 8.42 Å². The Morgan fingerprint density at radius 3 is 2.45 bits per heavy atom. The summed E-state index contributed by atoms with van der Waals surface area (Å²) in [5.41, 5.74) is 2.52. The number of nitrogens with zero attached hydrogens (tertiary/aromatic N) is 1. The fourth-order valence-electron chi connectivity index (χ4n) is 3.97. The van der Waals surface area contributed by atoms with Gasteiger partial charge < -0.3 is 9.72 Å². The topological polar surface area (TPSA) is 79.5 Å². The summed E-state index contributed by atoms with van der Waals surface area (Å²) in [5, 5.41) is 0.594. The maximum atomic E-state index is 13.2. The summed E-state index contributed by atoms with van der Waals surface area (Å²) >= 11 is 0. The largest absolute Gasteiger partial charge is 0.496 e. The van der Waals surface area contributed by atoms with E-state index in [1.165, 1.54) is 0 Å². The minimum atomic E-state index is -3.59. The van der Waals surface area contributed by atoms with Crippen LogP contribution in [-0.4, -0.2) is 44.2 Å². The number of H-pyrrole nitrogens is 1. The Labute approximate surface area is 170 Å². The van der Waals surface area contributed by atoms with Crippen molar-refractivity contribution in [2.45, 2.75) is 30.6 Å². The predicted octanol–water partition coefficient (Wildman–Crippen LogP) is 4.22. The van der Waals surface area contributed by atoms with Crippen LogP contribution in [0.25, 0.3) is 22.2 Å². The number of rotatable bonds is 5. The van der Waals surface area contributed by atoms with Crippen LogP contribution in [-0.2, 0) is 10.0 Å². The minimum absolute atomic E-state index is 0.223. The van der Waals surface area contributed by atoms with Crippen molar-refractivity contribution in [2.24, 2.45) is 0 Å². The summed E-state index contributed by atoms with van der Waals surface area (Å²) in [6.07, 6.45) is 4.64. The maximum absolute atomic E-state index is 13.2. The number of hydrogen-bond donors (Lipinski definition) is 1. The molecule has 29 heavy (non-hydrogen) atoms. The number of sulfonamides is 1. The van der Waals surface area contributed by atoms with Crippen LogP contribution in [0.4, 0.5) is 0 Å². The Bertz CT molecular complexity index is 1140. The highest BCUT2D eigenvalue weighted by Gasteiger charge is 2.26. The van der Waals surface area contributed by atoms with Crippen molar-refractivity contribution >= 4 is 27.2 Å². The third kappa shape index (κ3) is 3.56. The van der Waals surface area contributed by atoms with Crippen molar-refractivity contribution in [3.05, 3.63) is 48.0 Å². The lowest BCUT2D eigenvalue weighted by atomic mass is 10.1. The molecule has 2 aromatic carbocycles. The number of fused-ring (bicyclic) bond motifs is 1. The number of para-hydroxylation sites is 1. The van der Waals surface area contributed by atoms with Crippen LogP contribution in [0.1, 0.15) is 36.0 Å². The zero-order chi connectivity index (χ0) is 20.4. The first-order valence-electron chi connectivity index (χ1n) is 9.80. The summed E-state index contributed by atoms with van der Waals surface area (Å²) in [6.45, 7) is 1.08. The molecular formula is C22H24N2O4S. The maximum Gasteiger partial charge on any atom is 0.243 e. The Morgan fingerprint density at radius 2 is 1.76 bits per heavy atom. The van der Waals surface area contributed by atoms with E-state index >= 15 is 0 Å². The van der Waals surface area contributed by atoms with Gasteiger partial charge in [-0.05, 0) is 43.2 Å². The van der Waals surface area contributed by atoms with E-state index in [-0.39, 0.29) is 4.90 Å². The number of methoxy groups -OCH3 is 1. The highest BCUT2D eigenvalue weighted by molar-refractivity contribution is 7.89. The molecule has 1 aliphatic heterocycles. The van der Waals surface area contributed by atoms with Gasteiger partial charge in [0.15, 0.2) is 6.29 Å². The fourth-order valence-corrected chi connectivity index (χ4v) is 5.51. The quantitative estimate of drug-likeness (QED) is 0.637. The molecule has 1 aliphatic rings. The van der Waals surface area contributed by atoms with Crippen molar-refractivity contribution < 1.29 is 17.9 Å². The molecule has 1 N–H and O–H groups in total. The molecule has 7 heteroatoms. The molecule has 3 aromatic rings. The second kappa shape index (κ2) is 8.00. The number of aromatic nitrogens is 1. The van der Waals surface area contributed by atoms with Crippen molar-refractivity contribution in [2.75, 3.05) is 20.2 Å². The summed E-state index contributed by atoms with van der Waals surface area (Å²) in [7, 11) is -2.01. The fraction of sp³-hybridized carbons (Fsp3) is 0.318. The summed E-state index contributed by atoms with van der Waals surface area (Å²) in [5.74, 6) is 0.638. The molecule has 0 radical (unpaired) electrons. The van der Waals surface area contributed by atoms with Crippen LogP contribution >= 0.6 is 0 Å². The zero-order valence-corrected chi connectivity index (χ0v) is 17.2. The van der Waals surface area contributed by atoms with E-state index in [0.717, 1.165) is 37.5 Å². The molecule has 152 valence electrons. The third-order valence-corrected chi connectivity index (χ3v) is 7.40. The van der Waals surface area contributed by atoms with Crippen molar-refractivity contribution in [1.29, 1.82) is 0 Å². The molecule has 0 aliphatic carbocycles. The molecule has 0 bridgehead atoms. The van der Waals surface area contributed by atoms with E-state index in [4.69, 9.17) is 4.74 Å². The molecule has 4 rings (SSSR count). The van der Waals surface area contributed by atoms with Gasteiger partial charge in [0.1, 0.15) is 5.75 Å². The van der Waals surface area contributed by atoms with Crippen LogP contribution in [0.2, 0.25) is 0 Å². The van der Waals surface area contributed by atoms with Gasteiger partial charge in [0.25, 0.3) is 0 Å². The highest BCUT2D eigenvalue weighted by atomic mass is 32.2. The van der Waals surface area contributed by atoms with E-state index in [1.54, 1.807) is 29.6 Å². The SMILES string of the molecule is COc1ccccc1-c1[nH]c2ccc(S(=O)(=O)N3CCCCCC3)cc2c1C=O. The van der Waals surface area contributed by atoms with Crippen LogP contribution in [0, 0.1) is 0 Å². The number of aldehydes is 1. The van der Waals surface area contributed by atoms with Gasteiger partial charge in [-0.15, -0.1) is 0 Å². The normalized spacial score (nSPS) is 15.9. The first-order valence-corrected chi connectivity index (χ1v) is 11.2. The molecule has 1 fully saturated rings. The minimum Gasteiger partial charge on any atom is -0.496 e. The smallest absolute Gasteiger partial charge is 0.243 e. The zero-order valence-electron chi connectivity index (χ0n) is 16.3. The lowest BCUT2D eigenvalue weighted by Crippen LogP contribution is -2.31. The van der Waals surface area contributed by atoms with Gasteiger partial charge in [-0.1, -0.05) is 25.0 Å². The van der Waals surface area contributed by atoms with Gasteiger partial charge in [-0.3, -0.25) is 4.79 Å². The van der Waals surface area contributed by atoms with E-state index in [0.29, 0.717) is 41.0 Å². The molecule has 0 saturated carbocycles. The lowest BCUT2D eigenvalue weighted by molar-refractivity contribution is 0.112. The van der Waals surface area contributed by atoms with Crippen LogP contribution in [0.5, 0.6) is 5.75 Å². The number of ether oxygens (including phenoxy) is 1. The van der Waals surface area contributed by atoms with E-state index in [2.05, 4.69) is 4.98 Å².